The van der Waals surface area contributed by atoms with Crippen LogP contribution in [0.25, 0.3) is 0 Å². The van der Waals surface area contributed by atoms with E-state index in [1.54, 1.807) is 4.57 Å². The van der Waals surface area contributed by atoms with E-state index in [9.17, 15) is 9.59 Å². The second kappa shape index (κ2) is 8.96. The number of rotatable bonds is 8. The van der Waals surface area contributed by atoms with Crippen LogP contribution in [0.1, 0.15) is 12.5 Å². The number of hydrogen-bond donors (Lipinski definition) is 0. The Morgan fingerprint density at radius 1 is 0.893 bits per heavy atom. The molecule has 1 aromatic carbocycles. The van der Waals surface area contributed by atoms with Gasteiger partial charge >= 0.3 is 5.97 Å². The molecule has 0 bridgehead atoms. The minimum atomic E-state index is -2.07. The van der Waals surface area contributed by atoms with Crippen molar-refractivity contribution < 1.29 is 18.4 Å². The fourth-order valence-electron chi connectivity index (χ4n) is 3.08. The number of benzene rings is 1. The Kier molecular flexibility index (Phi) is 7.89. The summed E-state index contributed by atoms with van der Waals surface area (Å²) in [5, 5.41) is 0. The Balaban J connectivity index is 3.18. The molecule has 1 aromatic rings. The van der Waals surface area contributed by atoms with Gasteiger partial charge in [-0.3, -0.25) is 9.59 Å². The number of hydrogen-bond acceptors (Lipinski definition) is 4. The van der Waals surface area contributed by atoms with E-state index in [1.165, 1.54) is 6.92 Å². The molecular weight excluding hydrogens is 402 g/mol. The maximum absolute atomic E-state index is 13.0. The molecule has 0 radical (unpaired) electrons. The first-order valence-corrected chi connectivity index (χ1v) is 20.1. The molecule has 5 nitrogen and oxygen atoms in total. The normalized spacial score (nSPS) is 13.6. The van der Waals surface area contributed by atoms with Crippen molar-refractivity contribution in [1.29, 1.82) is 0 Å². The number of carbonyl (C=O) groups is 2. The summed E-state index contributed by atoms with van der Waals surface area (Å²) >= 11 is 0. The van der Waals surface area contributed by atoms with Gasteiger partial charge in [0, 0.05) is 13.3 Å². The molecule has 28 heavy (non-hydrogen) atoms. The highest BCUT2D eigenvalue weighted by Crippen LogP contribution is 2.23. The minimum Gasteiger partial charge on any atom is -0.544 e. The third-order valence-electron chi connectivity index (χ3n) is 3.83. The SMILES string of the molecule is CC(=O)N(C(Cc1ccc(O[Si](C)(C)C)cc1)C(=O)O[Si](C)(C)C)[Si](C)(C)C. The van der Waals surface area contributed by atoms with Gasteiger partial charge in [0.15, 0.2) is 8.24 Å². The van der Waals surface area contributed by atoms with Gasteiger partial charge in [-0.15, -0.1) is 0 Å². The fourth-order valence-corrected chi connectivity index (χ4v) is 6.74. The van der Waals surface area contributed by atoms with Crippen LogP contribution in [0, 0.1) is 0 Å². The predicted molar refractivity (Wildman–Crippen MR) is 123 cm³/mol. The molecule has 0 aliphatic rings. The Hall–Kier alpha value is -1.39. The number of amides is 1. The van der Waals surface area contributed by atoms with Gasteiger partial charge in [-0.1, -0.05) is 31.8 Å². The van der Waals surface area contributed by atoms with Crippen molar-refractivity contribution >= 4 is 36.7 Å². The van der Waals surface area contributed by atoms with Crippen LogP contribution in [0.15, 0.2) is 24.3 Å². The van der Waals surface area contributed by atoms with Crippen LogP contribution in [0.5, 0.6) is 5.75 Å². The number of nitrogens with zero attached hydrogens (tertiary/aromatic N) is 1. The summed E-state index contributed by atoms with van der Waals surface area (Å²) in [5.41, 5.74) is 0.991. The zero-order valence-electron chi connectivity index (χ0n) is 19.2. The molecule has 0 aromatic heterocycles. The lowest BCUT2D eigenvalue weighted by atomic mass is 10.1. The van der Waals surface area contributed by atoms with Crippen molar-refractivity contribution in [3.8, 4) is 5.75 Å². The molecule has 0 aliphatic heterocycles. The highest BCUT2D eigenvalue weighted by atomic mass is 28.4. The highest BCUT2D eigenvalue weighted by Gasteiger charge is 2.39. The first-order valence-electron chi connectivity index (χ1n) is 9.80. The third-order valence-corrected chi connectivity index (χ3v) is 7.56. The van der Waals surface area contributed by atoms with Crippen molar-refractivity contribution in [2.24, 2.45) is 0 Å². The quantitative estimate of drug-likeness (QED) is 0.542. The van der Waals surface area contributed by atoms with E-state index in [-0.39, 0.29) is 11.9 Å². The Labute approximate surface area is 173 Å². The van der Waals surface area contributed by atoms with Crippen LogP contribution in [0.4, 0.5) is 0 Å². The smallest absolute Gasteiger partial charge is 0.315 e. The molecule has 1 atom stereocenters. The van der Waals surface area contributed by atoms with Gasteiger partial charge in [0.25, 0.3) is 0 Å². The Morgan fingerprint density at radius 2 is 1.39 bits per heavy atom. The standard InChI is InChI=1S/C20H37NO4Si3/c1-16(22)21(26(2,3)4)19(20(23)25-28(8,9)10)15-17-11-13-18(14-12-17)24-27(5,6)7/h11-14,19H,15H2,1-10H3. The van der Waals surface area contributed by atoms with Crippen LogP contribution >= 0.6 is 0 Å². The first-order chi connectivity index (χ1) is 12.5. The number of carbonyl (C=O) groups excluding carboxylic acids is 2. The average molecular weight is 440 g/mol. The lowest BCUT2D eigenvalue weighted by Gasteiger charge is -2.40. The van der Waals surface area contributed by atoms with Crippen LogP contribution in [-0.4, -0.2) is 47.4 Å². The summed E-state index contributed by atoms with van der Waals surface area (Å²) in [4.78, 5) is 25.5. The largest absolute Gasteiger partial charge is 0.544 e. The molecule has 0 heterocycles. The van der Waals surface area contributed by atoms with Gasteiger partial charge in [-0.2, -0.15) is 0 Å². The maximum Gasteiger partial charge on any atom is 0.315 e. The van der Waals surface area contributed by atoms with E-state index < -0.39 is 30.9 Å². The van der Waals surface area contributed by atoms with Crippen molar-refractivity contribution in [2.45, 2.75) is 78.3 Å². The topological polar surface area (TPSA) is 55.8 Å². The fraction of sp³-hybridized carbons (Fsp3) is 0.600. The molecule has 158 valence electrons. The molecule has 0 fully saturated rings. The molecular formula is C20H37NO4Si3. The van der Waals surface area contributed by atoms with Crippen molar-refractivity contribution in [2.75, 3.05) is 0 Å². The van der Waals surface area contributed by atoms with Crippen LogP contribution < -0.4 is 4.43 Å². The van der Waals surface area contributed by atoms with Crippen molar-refractivity contribution in [3.05, 3.63) is 29.8 Å². The molecule has 0 saturated carbocycles. The van der Waals surface area contributed by atoms with Gasteiger partial charge < -0.3 is 13.4 Å². The van der Waals surface area contributed by atoms with E-state index in [4.69, 9.17) is 8.85 Å². The van der Waals surface area contributed by atoms with E-state index in [2.05, 4.69) is 39.3 Å². The third kappa shape index (κ3) is 8.32. The lowest BCUT2D eigenvalue weighted by Crippen LogP contribution is -2.59. The summed E-state index contributed by atoms with van der Waals surface area (Å²) in [6, 6.07) is 7.25. The minimum absolute atomic E-state index is 0.0737. The van der Waals surface area contributed by atoms with E-state index in [1.807, 2.05) is 43.9 Å². The molecule has 1 rings (SSSR count). The van der Waals surface area contributed by atoms with Crippen LogP contribution in [0.3, 0.4) is 0 Å². The molecule has 1 unspecified atom stereocenters. The van der Waals surface area contributed by atoms with Crippen molar-refractivity contribution in [3.63, 3.8) is 0 Å². The molecule has 1 amide bonds. The first kappa shape index (κ1) is 24.6. The maximum atomic E-state index is 13.0. The molecule has 8 heteroatoms. The van der Waals surface area contributed by atoms with Gasteiger partial charge in [0.05, 0.1) is 0 Å². The van der Waals surface area contributed by atoms with Gasteiger partial charge in [-0.05, 0) is 57.0 Å². The Morgan fingerprint density at radius 3 is 1.75 bits per heavy atom. The lowest BCUT2D eigenvalue weighted by molar-refractivity contribution is -0.144. The summed E-state index contributed by atoms with van der Waals surface area (Å²) in [5.74, 6) is 0.479. The summed E-state index contributed by atoms with van der Waals surface area (Å²) < 4.78 is 13.6. The van der Waals surface area contributed by atoms with Crippen molar-refractivity contribution in [1.82, 2.24) is 4.57 Å². The Bertz CT molecular complexity index is 685. The van der Waals surface area contributed by atoms with Gasteiger partial charge in [0.1, 0.15) is 11.8 Å². The predicted octanol–water partition coefficient (Wildman–Crippen LogP) is 4.87. The zero-order chi connectivity index (χ0) is 21.9. The highest BCUT2D eigenvalue weighted by molar-refractivity contribution is 6.76. The monoisotopic (exact) mass is 439 g/mol. The van der Waals surface area contributed by atoms with Gasteiger partial charge in [0.2, 0.25) is 22.5 Å². The van der Waals surface area contributed by atoms with E-state index in [0.29, 0.717) is 6.42 Å². The zero-order valence-corrected chi connectivity index (χ0v) is 22.2. The molecule has 0 spiro atoms. The van der Waals surface area contributed by atoms with Gasteiger partial charge in [-0.25, -0.2) is 0 Å². The molecule has 0 saturated heterocycles. The van der Waals surface area contributed by atoms with Crippen LogP contribution in [-0.2, 0) is 20.4 Å². The summed E-state index contributed by atoms with van der Waals surface area (Å²) in [6.07, 6.45) is 0.445. The summed E-state index contributed by atoms with van der Waals surface area (Å²) in [7, 11) is -5.80. The summed E-state index contributed by atoms with van der Waals surface area (Å²) in [6.45, 7) is 20.1. The second-order valence-corrected chi connectivity index (χ2v) is 23.9. The molecule has 0 N–H and O–H groups in total. The van der Waals surface area contributed by atoms with E-state index in [0.717, 1.165) is 11.3 Å². The van der Waals surface area contributed by atoms with Crippen LogP contribution in [0.2, 0.25) is 58.9 Å². The molecule has 0 aliphatic carbocycles. The van der Waals surface area contributed by atoms with E-state index >= 15 is 0 Å². The second-order valence-electron chi connectivity index (χ2n) is 10.2. The average Bonchev–Trinajstić information content (AvgIpc) is 2.43.